The van der Waals surface area contributed by atoms with Crippen LogP contribution in [0.3, 0.4) is 0 Å². The lowest BCUT2D eigenvalue weighted by atomic mass is 9.81. The number of likely N-dealkylation sites (tertiary alicyclic amines) is 1. The van der Waals surface area contributed by atoms with Gasteiger partial charge in [0.15, 0.2) is 0 Å². The normalized spacial score (nSPS) is 20.6. The van der Waals surface area contributed by atoms with Gasteiger partial charge in [-0.15, -0.1) is 0 Å². The summed E-state index contributed by atoms with van der Waals surface area (Å²) in [7, 11) is 0. The fraction of sp³-hybridized carbons (Fsp3) is 0.351. The Morgan fingerprint density at radius 2 is 1.67 bits per heavy atom. The van der Waals surface area contributed by atoms with Crippen LogP contribution >= 0.6 is 0 Å². The molecule has 0 aliphatic carbocycles. The number of ether oxygens (including phenoxy) is 2. The zero-order chi connectivity index (χ0) is 35.7. The highest BCUT2D eigenvalue weighted by Crippen LogP contribution is 2.46. The van der Waals surface area contributed by atoms with Crippen LogP contribution in [-0.2, 0) is 30.0 Å². The number of carbonyl (C=O) groups is 4. The molecule has 2 aliphatic rings. The Morgan fingerprint density at radius 1 is 1.00 bits per heavy atom. The first-order valence-electron chi connectivity index (χ1n) is 15.8. The zero-order valence-corrected chi connectivity index (χ0v) is 27.6. The van der Waals surface area contributed by atoms with Gasteiger partial charge < -0.3 is 19.7 Å². The third-order valence-electron chi connectivity index (χ3n) is 8.53. The lowest BCUT2D eigenvalue weighted by Gasteiger charge is -2.53. The molecule has 12 heteroatoms. The summed E-state index contributed by atoms with van der Waals surface area (Å²) in [5, 5.41) is 2.71. The second kappa shape index (κ2) is 13.8. The van der Waals surface area contributed by atoms with Crippen molar-refractivity contribution in [1.29, 1.82) is 0 Å². The van der Waals surface area contributed by atoms with Crippen molar-refractivity contribution in [3.8, 4) is 0 Å². The Labute approximate surface area is 282 Å². The van der Waals surface area contributed by atoms with E-state index in [1.807, 2.05) is 30.3 Å². The minimum absolute atomic E-state index is 0.00121. The van der Waals surface area contributed by atoms with Crippen LogP contribution in [0.2, 0.25) is 0 Å². The van der Waals surface area contributed by atoms with Gasteiger partial charge in [-0.05, 0) is 62.1 Å². The zero-order valence-electron chi connectivity index (χ0n) is 27.6. The molecule has 2 aliphatic heterocycles. The maximum atomic E-state index is 14.4. The van der Waals surface area contributed by atoms with Crippen molar-refractivity contribution in [1.82, 2.24) is 15.1 Å². The molecule has 49 heavy (non-hydrogen) atoms. The Hall–Kier alpha value is -5.13. The van der Waals surface area contributed by atoms with E-state index < -0.39 is 77.8 Å². The second-order valence-corrected chi connectivity index (χ2v) is 13.0. The topological polar surface area (TPSA) is 105 Å². The van der Waals surface area contributed by atoms with Crippen molar-refractivity contribution < 1.29 is 41.8 Å². The van der Waals surface area contributed by atoms with Gasteiger partial charge in [-0.3, -0.25) is 19.3 Å². The number of amides is 3. The van der Waals surface area contributed by atoms with E-state index in [2.05, 4.69) is 11.9 Å². The van der Waals surface area contributed by atoms with Gasteiger partial charge in [0.2, 0.25) is 11.8 Å². The molecule has 0 bridgehead atoms. The lowest BCUT2D eigenvalue weighted by molar-refractivity contribution is -0.172. The second-order valence-electron chi connectivity index (χ2n) is 13.0. The number of benzene rings is 3. The molecule has 0 aromatic heterocycles. The predicted octanol–water partition coefficient (Wildman–Crippen LogP) is 6.77. The van der Waals surface area contributed by atoms with Gasteiger partial charge >= 0.3 is 18.2 Å². The molecule has 5 atom stereocenters. The standard InChI is InChI=1S/C37H38F3N3O6/c1-6-23-13-10-11-18-27(23)31-32(43-29(21-48-35(43)47)24-14-8-7-9-15-24)34(46)42(31)28(20-30(44)49-36(3,4)5)33(45)41-22(2)25-16-12-17-26(19-25)37(38,39)40/h6-19,22,28-29,31-32H,1,20-21H2,2-5H3,(H,41,45)/t22-,28+,29+,31+,32-/m0/s1. The van der Waals surface area contributed by atoms with Crippen molar-refractivity contribution >= 4 is 30.0 Å². The molecule has 258 valence electrons. The summed E-state index contributed by atoms with van der Waals surface area (Å²) in [6.45, 7) is 10.4. The van der Waals surface area contributed by atoms with E-state index in [0.29, 0.717) is 11.1 Å². The molecule has 0 spiro atoms. The van der Waals surface area contributed by atoms with E-state index in [1.54, 1.807) is 51.1 Å². The van der Waals surface area contributed by atoms with E-state index >= 15 is 0 Å². The number of carbonyl (C=O) groups excluding carboxylic acids is 4. The van der Waals surface area contributed by atoms with Crippen LogP contribution in [0.5, 0.6) is 0 Å². The fourth-order valence-corrected chi connectivity index (χ4v) is 6.31. The summed E-state index contributed by atoms with van der Waals surface area (Å²) in [4.78, 5) is 57.7. The summed E-state index contributed by atoms with van der Waals surface area (Å²) < 4.78 is 51.4. The molecule has 0 saturated carbocycles. The summed E-state index contributed by atoms with van der Waals surface area (Å²) in [5.74, 6) is -2.17. The van der Waals surface area contributed by atoms with Crippen molar-refractivity contribution in [2.24, 2.45) is 0 Å². The largest absolute Gasteiger partial charge is 0.460 e. The third kappa shape index (κ3) is 7.48. The number of alkyl halides is 3. The number of nitrogens with zero attached hydrogens (tertiary/aromatic N) is 2. The highest BCUT2D eigenvalue weighted by atomic mass is 19.4. The van der Waals surface area contributed by atoms with Gasteiger partial charge in [-0.1, -0.05) is 79.4 Å². The average molecular weight is 678 g/mol. The fourth-order valence-electron chi connectivity index (χ4n) is 6.31. The number of esters is 1. The minimum Gasteiger partial charge on any atom is -0.460 e. The minimum atomic E-state index is -4.60. The molecule has 9 nitrogen and oxygen atoms in total. The monoisotopic (exact) mass is 677 g/mol. The molecule has 2 heterocycles. The van der Waals surface area contributed by atoms with Gasteiger partial charge in [0, 0.05) is 0 Å². The van der Waals surface area contributed by atoms with Gasteiger partial charge in [-0.25, -0.2) is 4.79 Å². The number of hydrogen-bond acceptors (Lipinski definition) is 6. The number of halogens is 3. The maximum Gasteiger partial charge on any atom is 0.416 e. The first-order valence-corrected chi connectivity index (χ1v) is 15.8. The molecule has 3 aromatic rings. The first kappa shape index (κ1) is 35.2. The quantitative estimate of drug-likeness (QED) is 0.188. The Kier molecular flexibility index (Phi) is 9.89. The molecular formula is C37H38F3N3O6. The first-order chi connectivity index (χ1) is 23.1. The Morgan fingerprint density at radius 3 is 2.33 bits per heavy atom. The van der Waals surface area contributed by atoms with Gasteiger partial charge in [0.25, 0.3) is 0 Å². The number of nitrogens with one attached hydrogen (secondary N) is 1. The molecular weight excluding hydrogens is 639 g/mol. The molecule has 2 fully saturated rings. The number of β-lactam (4-membered cyclic amide) rings is 1. The van der Waals surface area contributed by atoms with Crippen LogP contribution in [0.15, 0.2) is 85.4 Å². The van der Waals surface area contributed by atoms with E-state index in [1.165, 1.54) is 28.9 Å². The molecule has 2 saturated heterocycles. The van der Waals surface area contributed by atoms with Crippen LogP contribution in [0.1, 0.15) is 80.1 Å². The van der Waals surface area contributed by atoms with Gasteiger partial charge in [0.05, 0.1) is 30.1 Å². The number of hydrogen-bond donors (Lipinski definition) is 1. The lowest BCUT2D eigenvalue weighted by Crippen LogP contribution is -2.70. The molecule has 5 rings (SSSR count). The van der Waals surface area contributed by atoms with E-state index in [4.69, 9.17) is 9.47 Å². The van der Waals surface area contributed by atoms with Crippen LogP contribution in [0.25, 0.3) is 6.08 Å². The summed E-state index contributed by atoms with van der Waals surface area (Å²) in [6, 6.07) is 15.6. The van der Waals surface area contributed by atoms with Gasteiger partial charge in [0.1, 0.15) is 24.3 Å². The highest BCUT2D eigenvalue weighted by Gasteiger charge is 2.60. The van der Waals surface area contributed by atoms with Crippen molar-refractivity contribution in [2.75, 3.05) is 6.61 Å². The van der Waals surface area contributed by atoms with Crippen LogP contribution < -0.4 is 5.32 Å². The van der Waals surface area contributed by atoms with Crippen molar-refractivity contribution in [3.63, 3.8) is 0 Å². The summed E-state index contributed by atoms with van der Waals surface area (Å²) in [5.41, 5.74) is 0.319. The molecule has 1 N–H and O–H groups in total. The average Bonchev–Trinajstić information content (AvgIpc) is 3.42. The van der Waals surface area contributed by atoms with Crippen LogP contribution in [0.4, 0.5) is 18.0 Å². The highest BCUT2D eigenvalue weighted by molar-refractivity contribution is 5.99. The molecule has 3 amide bonds. The predicted molar refractivity (Wildman–Crippen MR) is 175 cm³/mol. The summed E-state index contributed by atoms with van der Waals surface area (Å²) >= 11 is 0. The van der Waals surface area contributed by atoms with E-state index in [-0.39, 0.29) is 12.2 Å². The van der Waals surface area contributed by atoms with Crippen molar-refractivity contribution in [2.45, 2.75) is 76.1 Å². The van der Waals surface area contributed by atoms with E-state index in [9.17, 15) is 32.3 Å². The SMILES string of the molecule is C=Cc1ccccc1[C@@H]1[C@H](N2C(=O)OC[C@@H]2c2ccccc2)C(=O)N1[C@H](CC(=O)OC(C)(C)C)C(=O)N[C@@H](C)c1cccc(C(F)(F)F)c1. The number of cyclic esters (lactones) is 1. The molecule has 0 radical (unpaired) electrons. The summed E-state index contributed by atoms with van der Waals surface area (Å²) in [6.07, 6.45) is -4.28. The van der Waals surface area contributed by atoms with Gasteiger partial charge in [-0.2, -0.15) is 13.2 Å². The van der Waals surface area contributed by atoms with Crippen LogP contribution in [-0.4, -0.2) is 58.0 Å². The third-order valence-corrected chi connectivity index (χ3v) is 8.53. The smallest absolute Gasteiger partial charge is 0.416 e. The maximum absolute atomic E-state index is 14.4. The molecule has 3 aromatic carbocycles. The van der Waals surface area contributed by atoms with Crippen LogP contribution in [0, 0.1) is 0 Å². The van der Waals surface area contributed by atoms with E-state index in [0.717, 1.165) is 17.7 Å². The Balaban J connectivity index is 1.55. The molecule has 0 unspecified atom stereocenters. The van der Waals surface area contributed by atoms with Crippen molar-refractivity contribution in [3.05, 3.63) is 113 Å². The Bertz CT molecular complexity index is 1740. The number of rotatable bonds is 10.